The number of nitrogens with zero attached hydrogens (tertiary/aromatic N) is 3. The Kier molecular flexibility index (Phi) is 7.91. The summed E-state index contributed by atoms with van der Waals surface area (Å²) in [5, 5.41) is 0. The molecular formula is C13H25N5O3. The summed E-state index contributed by atoms with van der Waals surface area (Å²) in [6.45, 7) is 4.24. The zero-order valence-electron chi connectivity index (χ0n) is 13.1. The Morgan fingerprint density at radius 1 is 1.24 bits per heavy atom. The molecule has 0 saturated carbocycles. The molecule has 0 saturated heterocycles. The summed E-state index contributed by atoms with van der Waals surface area (Å²) in [5.41, 5.74) is 2.55. The summed E-state index contributed by atoms with van der Waals surface area (Å²) in [6, 6.07) is 1.93. The summed E-state index contributed by atoms with van der Waals surface area (Å²) in [4.78, 5) is 10.9. The molecule has 1 rings (SSSR count). The maximum Gasteiger partial charge on any atom is 0.158 e. The van der Waals surface area contributed by atoms with Crippen molar-refractivity contribution in [1.29, 1.82) is 0 Å². The Morgan fingerprint density at radius 3 is 2.57 bits per heavy atom. The van der Waals surface area contributed by atoms with Crippen LogP contribution in [0.15, 0.2) is 6.07 Å². The highest BCUT2D eigenvalue weighted by atomic mass is 16.5. The van der Waals surface area contributed by atoms with E-state index in [-0.39, 0.29) is 6.04 Å². The Hall–Kier alpha value is -1.48. The van der Waals surface area contributed by atoms with Gasteiger partial charge in [0.05, 0.1) is 19.3 Å². The van der Waals surface area contributed by atoms with Crippen molar-refractivity contribution < 1.29 is 14.2 Å². The van der Waals surface area contributed by atoms with Gasteiger partial charge in [-0.3, -0.25) is 0 Å². The number of ether oxygens (including phenoxy) is 3. The molecular weight excluding hydrogens is 274 g/mol. The van der Waals surface area contributed by atoms with E-state index in [4.69, 9.17) is 20.1 Å². The average molecular weight is 299 g/mol. The molecule has 120 valence electrons. The maximum atomic E-state index is 5.47. The predicted molar refractivity (Wildman–Crippen MR) is 81.1 cm³/mol. The van der Waals surface area contributed by atoms with E-state index in [1.165, 1.54) is 0 Å². The molecule has 0 bridgehead atoms. The lowest BCUT2D eigenvalue weighted by atomic mass is 10.3. The van der Waals surface area contributed by atoms with Crippen molar-refractivity contribution in [3.8, 4) is 0 Å². The van der Waals surface area contributed by atoms with E-state index in [0.717, 1.165) is 5.82 Å². The van der Waals surface area contributed by atoms with Crippen molar-refractivity contribution in [3.05, 3.63) is 11.9 Å². The first-order valence-corrected chi connectivity index (χ1v) is 6.74. The zero-order valence-corrected chi connectivity index (χ0v) is 13.1. The third-order valence-electron chi connectivity index (χ3n) is 2.95. The minimum atomic E-state index is 0.140. The minimum absolute atomic E-state index is 0.140. The molecule has 0 fully saturated rings. The van der Waals surface area contributed by atoms with Crippen LogP contribution in [0.4, 0.5) is 11.6 Å². The molecule has 1 unspecified atom stereocenters. The maximum absolute atomic E-state index is 5.47. The lowest BCUT2D eigenvalue weighted by Gasteiger charge is -2.30. The summed E-state index contributed by atoms with van der Waals surface area (Å²) >= 11 is 0. The largest absolute Gasteiger partial charge is 0.383 e. The number of hydrazine groups is 1. The molecule has 0 aromatic carbocycles. The van der Waals surface area contributed by atoms with Crippen molar-refractivity contribution >= 4 is 11.6 Å². The van der Waals surface area contributed by atoms with Gasteiger partial charge in [-0.1, -0.05) is 0 Å². The fraction of sp³-hybridized carbons (Fsp3) is 0.692. The lowest BCUT2D eigenvalue weighted by Crippen LogP contribution is -2.39. The summed E-state index contributed by atoms with van der Waals surface area (Å²) in [7, 11) is 4.94. The van der Waals surface area contributed by atoms with Gasteiger partial charge in [-0.05, 0) is 6.92 Å². The molecule has 1 atom stereocenters. The van der Waals surface area contributed by atoms with Crippen molar-refractivity contribution in [3.63, 3.8) is 0 Å². The Morgan fingerprint density at radius 2 is 2.00 bits per heavy atom. The molecule has 8 heteroatoms. The van der Waals surface area contributed by atoms with Crippen LogP contribution < -0.4 is 16.2 Å². The number of nitrogen functional groups attached to an aromatic ring is 1. The van der Waals surface area contributed by atoms with Gasteiger partial charge < -0.3 is 24.5 Å². The third-order valence-corrected chi connectivity index (χ3v) is 2.95. The molecule has 0 aliphatic heterocycles. The number of nitrogens with one attached hydrogen (secondary N) is 1. The number of aromatic nitrogens is 2. The monoisotopic (exact) mass is 299 g/mol. The van der Waals surface area contributed by atoms with Crippen molar-refractivity contribution in [2.24, 2.45) is 5.84 Å². The third kappa shape index (κ3) is 5.43. The van der Waals surface area contributed by atoms with Crippen LogP contribution in [-0.2, 0) is 20.8 Å². The fourth-order valence-electron chi connectivity index (χ4n) is 1.98. The van der Waals surface area contributed by atoms with Crippen LogP contribution in [0.2, 0.25) is 0 Å². The van der Waals surface area contributed by atoms with E-state index >= 15 is 0 Å². The van der Waals surface area contributed by atoms with Crippen molar-refractivity contribution in [1.82, 2.24) is 9.97 Å². The highest BCUT2D eigenvalue weighted by Gasteiger charge is 2.17. The van der Waals surface area contributed by atoms with Gasteiger partial charge in [-0.2, -0.15) is 0 Å². The lowest BCUT2D eigenvalue weighted by molar-refractivity contribution is 0.169. The second kappa shape index (κ2) is 9.46. The normalized spacial score (nSPS) is 12.2. The van der Waals surface area contributed by atoms with Crippen LogP contribution >= 0.6 is 0 Å². The standard InChI is InChI=1S/C13H25N5O3/c1-10(8-20-3)18(5-6-19-2)13-7-11(17-14)15-12(16-13)9-21-4/h7,10H,5-6,8-9,14H2,1-4H3,(H,15,16,17). The molecule has 1 aromatic rings. The number of hydrogen-bond donors (Lipinski definition) is 2. The second-order valence-electron chi connectivity index (χ2n) is 4.60. The molecule has 1 aromatic heterocycles. The Bertz CT molecular complexity index is 419. The first-order chi connectivity index (χ1) is 10.2. The molecule has 3 N–H and O–H groups in total. The SMILES string of the molecule is COCCN(c1cc(NN)nc(COC)n1)C(C)COC. The van der Waals surface area contributed by atoms with E-state index in [1.54, 1.807) is 27.4 Å². The molecule has 0 amide bonds. The van der Waals surface area contributed by atoms with Gasteiger partial charge in [0.1, 0.15) is 18.2 Å². The number of hydrogen-bond acceptors (Lipinski definition) is 8. The second-order valence-corrected chi connectivity index (χ2v) is 4.60. The topological polar surface area (TPSA) is 94.8 Å². The quantitative estimate of drug-likeness (QED) is 0.473. The van der Waals surface area contributed by atoms with E-state index in [1.807, 2.05) is 0 Å². The Balaban J connectivity index is 3.05. The van der Waals surface area contributed by atoms with E-state index < -0.39 is 0 Å². The molecule has 8 nitrogen and oxygen atoms in total. The van der Waals surface area contributed by atoms with Crippen LogP contribution in [0.25, 0.3) is 0 Å². The first-order valence-electron chi connectivity index (χ1n) is 6.74. The predicted octanol–water partition coefficient (Wildman–Crippen LogP) is 0.396. The van der Waals surface area contributed by atoms with Crippen molar-refractivity contribution in [2.45, 2.75) is 19.6 Å². The number of nitrogens with two attached hydrogens (primary N) is 1. The van der Waals surface area contributed by atoms with Gasteiger partial charge in [-0.15, -0.1) is 0 Å². The van der Waals surface area contributed by atoms with Crippen LogP contribution in [0.5, 0.6) is 0 Å². The highest BCUT2D eigenvalue weighted by molar-refractivity contribution is 5.49. The van der Waals surface area contributed by atoms with Gasteiger partial charge in [-0.25, -0.2) is 15.8 Å². The fourth-order valence-corrected chi connectivity index (χ4v) is 1.98. The highest BCUT2D eigenvalue weighted by Crippen LogP contribution is 2.18. The Labute approximate surface area is 125 Å². The first kappa shape index (κ1) is 17.6. The van der Waals surface area contributed by atoms with E-state index in [2.05, 4.69) is 27.2 Å². The number of rotatable bonds is 10. The smallest absolute Gasteiger partial charge is 0.158 e. The average Bonchev–Trinajstić information content (AvgIpc) is 2.48. The summed E-state index contributed by atoms with van der Waals surface area (Å²) in [6.07, 6.45) is 0. The molecule has 0 aliphatic carbocycles. The molecule has 21 heavy (non-hydrogen) atoms. The molecule has 1 heterocycles. The van der Waals surface area contributed by atoms with Gasteiger partial charge in [0.15, 0.2) is 5.82 Å². The van der Waals surface area contributed by atoms with Crippen LogP contribution in [0.1, 0.15) is 12.7 Å². The summed E-state index contributed by atoms with van der Waals surface area (Å²) < 4.78 is 15.5. The molecule has 0 aliphatic rings. The van der Waals surface area contributed by atoms with Gasteiger partial charge in [0.25, 0.3) is 0 Å². The number of anilines is 2. The van der Waals surface area contributed by atoms with Gasteiger partial charge in [0.2, 0.25) is 0 Å². The van der Waals surface area contributed by atoms with E-state index in [0.29, 0.717) is 38.0 Å². The summed E-state index contributed by atoms with van der Waals surface area (Å²) in [5.74, 6) is 7.33. The van der Waals surface area contributed by atoms with E-state index in [9.17, 15) is 0 Å². The molecule has 0 radical (unpaired) electrons. The number of methoxy groups -OCH3 is 3. The van der Waals surface area contributed by atoms with Crippen LogP contribution in [0.3, 0.4) is 0 Å². The molecule has 0 spiro atoms. The van der Waals surface area contributed by atoms with Crippen LogP contribution in [0, 0.1) is 0 Å². The minimum Gasteiger partial charge on any atom is -0.383 e. The van der Waals surface area contributed by atoms with Crippen molar-refractivity contribution in [2.75, 3.05) is 51.4 Å². The van der Waals surface area contributed by atoms with Gasteiger partial charge in [0, 0.05) is 33.9 Å². The van der Waals surface area contributed by atoms with Crippen LogP contribution in [-0.4, -0.2) is 57.1 Å². The zero-order chi connectivity index (χ0) is 15.7. The van der Waals surface area contributed by atoms with Gasteiger partial charge >= 0.3 is 0 Å².